The van der Waals surface area contributed by atoms with Crippen LogP contribution in [0, 0.1) is 6.92 Å². The van der Waals surface area contributed by atoms with Crippen molar-refractivity contribution in [2.75, 3.05) is 18.4 Å². The predicted octanol–water partition coefficient (Wildman–Crippen LogP) is 2.74. The van der Waals surface area contributed by atoms with Gasteiger partial charge in [-0.25, -0.2) is 0 Å². The number of rotatable bonds is 2. The summed E-state index contributed by atoms with van der Waals surface area (Å²) in [5.74, 6) is 0. The number of hydrogen-bond acceptors (Lipinski definition) is 3. The van der Waals surface area contributed by atoms with Gasteiger partial charge in [-0.05, 0) is 43.7 Å². The van der Waals surface area contributed by atoms with Gasteiger partial charge in [-0.2, -0.15) is 0 Å². The largest absolute Gasteiger partial charge is 0.381 e. The van der Waals surface area contributed by atoms with E-state index in [1.807, 2.05) is 12.3 Å². The molecule has 1 aliphatic heterocycles. The molecule has 1 atom stereocenters. The summed E-state index contributed by atoms with van der Waals surface area (Å²) >= 11 is 0. The van der Waals surface area contributed by atoms with Gasteiger partial charge in [0.05, 0.1) is 5.52 Å². The average Bonchev–Trinajstić information content (AvgIpc) is 2.82. The molecule has 0 spiro atoms. The van der Waals surface area contributed by atoms with Crippen molar-refractivity contribution in [3.63, 3.8) is 0 Å². The lowest BCUT2D eigenvalue weighted by Crippen LogP contribution is -2.22. The van der Waals surface area contributed by atoms with Crippen molar-refractivity contribution >= 4 is 29.0 Å². The molecule has 1 fully saturated rings. The van der Waals surface area contributed by atoms with Crippen molar-refractivity contribution in [2.45, 2.75) is 19.4 Å². The molecule has 0 saturated carbocycles. The zero-order valence-corrected chi connectivity index (χ0v) is 11.3. The number of halogens is 1. The van der Waals surface area contributed by atoms with Gasteiger partial charge in [0.2, 0.25) is 0 Å². The summed E-state index contributed by atoms with van der Waals surface area (Å²) in [7, 11) is 0. The molecule has 2 N–H and O–H groups in total. The van der Waals surface area contributed by atoms with Crippen molar-refractivity contribution in [3.8, 4) is 0 Å². The molecule has 1 aromatic carbocycles. The Morgan fingerprint density at radius 2 is 2.28 bits per heavy atom. The second-order valence-corrected chi connectivity index (χ2v) is 4.70. The molecule has 0 radical (unpaired) electrons. The molecular weight excluding hydrogens is 246 g/mol. The minimum absolute atomic E-state index is 0. The van der Waals surface area contributed by atoms with Crippen LogP contribution in [0.15, 0.2) is 30.5 Å². The molecule has 0 aliphatic carbocycles. The van der Waals surface area contributed by atoms with Gasteiger partial charge in [0, 0.05) is 29.9 Å². The average molecular weight is 264 g/mol. The van der Waals surface area contributed by atoms with Crippen LogP contribution in [0.4, 0.5) is 5.69 Å². The van der Waals surface area contributed by atoms with E-state index in [0.717, 1.165) is 18.6 Å². The fourth-order valence-electron chi connectivity index (χ4n) is 2.47. The molecule has 0 unspecified atom stereocenters. The van der Waals surface area contributed by atoms with Gasteiger partial charge in [0.1, 0.15) is 0 Å². The van der Waals surface area contributed by atoms with Gasteiger partial charge < -0.3 is 10.6 Å². The third-order valence-electron chi connectivity index (χ3n) is 3.33. The Morgan fingerprint density at radius 1 is 1.39 bits per heavy atom. The molecule has 1 aliphatic rings. The van der Waals surface area contributed by atoms with Crippen LogP contribution in [0.5, 0.6) is 0 Å². The van der Waals surface area contributed by atoms with Gasteiger partial charge in [-0.1, -0.05) is 6.07 Å². The molecule has 96 valence electrons. The minimum Gasteiger partial charge on any atom is -0.381 e. The lowest BCUT2D eigenvalue weighted by molar-refractivity contribution is 0.793. The number of aryl methyl sites for hydroxylation is 1. The lowest BCUT2D eigenvalue weighted by Gasteiger charge is -2.14. The van der Waals surface area contributed by atoms with Crippen LogP contribution in [-0.4, -0.2) is 24.1 Å². The highest BCUT2D eigenvalue weighted by Gasteiger charge is 2.14. The first-order valence-corrected chi connectivity index (χ1v) is 6.15. The fourth-order valence-corrected chi connectivity index (χ4v) is 2.47. The van der Waals surface area contributed by atoms with E-state index in [-0.39, 0.29) is 12.4 Å². The normalized spacial score (nSPS) is 18.6. The Balaban J connectivity index is 0.00000120. The van der Waals surface area contributed by atoms with Crippen LogP contribution >= 0.6 is 12.4 Å². The highest BCUT2D eigenvalue weighted by Crippen LogP contribution is 2.22. The van der Waals surface area contributed by atoms with Crippen molar-refractivity contribution in [1.29, 1.82) is 0 Å². The quantitative estimate of drug-likeness (QED) is 0.875. The van der Waals surface area contributed by atoms with Gasteiger partial charge in [0.15, 0.2) is 0 Å². The monoisotopic (exact) mass is 263 g/mol. The molecule has 4 heteroatoms. The highest BCUT2D eigenvalue weighted by atomic mass is 35.5. The number of aromatic nitrogens is 1. The molecule has 2 aromatic rings. The first kappa shape index (κ1) is 13.1. The molecule has 18 heavy (non-hydrogen) atoms. The first-order valence-electron chi connectivity index (χ1n) is 6.15. The molecule has 1 aromatic heterocycles. The highest BCUT2D eigenvalue weighted by molar-refractivity contribution is 5.85. The van der Waals surface area contributed by atoms with E-state index in [1.165, 1.54) is 23.1 Å². The second-order valence-electron chi connectivity index (χ2n) is 4.70. The third-order valence-corrected chi connectivity index (χ3v) is 3.33. The van der Waals surface area contributed by atoms with Crippen molar-refractivity contribution in [2.24, 2.45) is 0 Å². The number of benzene rings is 1. The lowest BCUT2D eigenvalue weighted by atomic mass is 10.1. The Hall–Kier alpha value is -1.32. The smallest absolute Gasteiger partial charge is 0.0732 e. The number of nitrogens with one attached hydrogen (secondary N) is 2. The van der Waals surface area contributed by atoms with Crippen LogP contribution in [0.3, 0.4) is 0 Å². The van der Waals surface area contributed by atoms with Crippen molar-refractivity contribution in [3.05, 3.63) is 36.0 Å². The second kappa shape index (κ2) is 5.55. The summed E-state index contributed by atoms with van der Waals surface area (Å²) in [6, 6.07) is 9.04. The zero-order valence-electron chi connectivity index (χ0n) is 10.4. The van der Waals surface area contributed by atoms with Gasteiger partial charge in [-0.15, -0.1) is 12.4 Å². The maximum Gasteiger partial charge on any atom is 0.0732 e. The molecule has 3 nitrogen and oxygen atoms in total. The summed E-state index contributed by atoms with van der Waals surface area (Å²) in [5.41, 5.74) is 3.54. The van der Waals surface area contributed by atoms with E-state index in [2.05, 4.69) is 40.7 Å². The van der Waals surface area contributed by atoms with E-state index in [0.29, 0.717) is 6.04 Å². The molecule has 3 rings (SSSR count). The number of fused-ring (bicyclic) bond motifs is 1. The van der Waals surface area contributed by atoms with Gasteiger partial charge in [0.25, 0.3) is 0 Å². The SMILES string of the molecule is Cc1cc(N[C@H]2CCNC2)cc2cccnc12.Cl. The summed E-state index contributed by atoms with van der Waals surface area (Å²) in [5, 5.41) is 8.16. The first-order chi connectivity index (χ1) is 8.33. The van der Waals surface area contributed by atoms with E-state index < -0.39 is 0 Å². The van der Waals surface area contributed by atoms with Crippen molar-refractivity contribution in [1.82, 2.24) is 10.3 Å². The Labute approximate surface area is 113 Å². The van der Waals surface area contributed by atoms with E-state index in [9.17, 15) is 0 Å². The van der Waals surface area contributed by atoms with Crippen LogP contribution in [0.1, 0.15) is 12.0 Å². The zero-order chi connectivity index (χ0) is 11.7. The molecular formula is C14H18ClN3. The summed E-state index contributed by atoms with van der Waals surface area (Å²) in [6.07, 6.45) is 3.05. The maximum absolute atomic E-state index is 4.41. The number of nitrogens with zero attached hydrogens (tertiary/aromatic N) is 1. The van der Waals surface area contributed by atoms with Gasteiger partial charge >= 0.3 is 0 Å². The Bertz CT molecular complexity index is 536. The van der Waals surface area contributed by atoms with Crippen molar-refractivity contribution < 1.29 is 0 Å². The number of hydrogen-bond donors (Lipinski definition) is 2. The van der Waals surface area contributed by atoms with Crippen LogP contribution in [-0.2, 0) is 0 Å². The Morgan fingerprint density at radius 3 is 3.06 bits per heavy atom. The predicted molar refractivity (Wildman–Crippen MR) is 78.6 cm³/mol. The fraction of sp³-hybridized carbons (Fsp3) is 0.357. The molecule has 2 heterocycles. The summed E-state index contributed by atoms with van der Waals surface area (Å²) in [6.45, 7) is 4.29. The Kier molecular flexibility index (Phi) is 4.04. The molecule has 0 amide bonds. The number of pyridine rings is 1. The van der Waals surface area contributed by atoms with Crippen LogP contribution in [0.25, 0.3) is 10.9 Å². The summed E-state index contributed by atoms with van der Waals surface area (Å²) < 4.78 is 0. The van der Waals surface area contributed by atoms with Crippen LogP contribution < -0.4 is 10.6 Å². The van der Waals surface area contributed by atoms with E-state index >= 15 is 0 Å². The van der Waals surface area contributed by atoms with Crippen LogP contribution in [0.2, 0.25) is 0 Å². The molecule has 0 bridgehead atoms. The standard InChI is InChI=1S/C14H17N3.ClH/c1-10-7-13(17-12-4-6-15-9-12)8-11-3-2-5-16-14(10)11;/h2-3,5,7-8,12,15,17H,4,6,9H2,1H3;1H/t12-;/m0./s1. The molecule has 1 saturated heterocycles. The van der Waals surface area contributed by atoms with E-state index in [4.69, 9.17) is 0 Å². The van der Waals surface area contributed by atoms with E-state index in [1.54, 1.807) is 0 Å². The topological polar surface area (TPSA) is 37.0 Å². The maximum atomic E-state index is 4.41. The minimum atomic E-state index is 0. The summed E-state index contributed by atoms with van der Waals surface area (Å²) in [4.78, 5) is 4.41. The van der Waals surface area contributed by atoms with Gasteiger partial charge in [-0.3, -0.25) is 4.98 Å². The number of anilines is 1. The third kappa shape index (κ3) is 2.57.